The maximum atomic E-state index is 13.0. The highest BCUT2D eigenvalue weighted by molar-refractivity contribution is 9.10. The van der Waals surface area contributed by atoms with E-state index in [1.807, 2.05) is 13.8 Å². The molecule has 2 atom stereocenters. The summed E-state index contributed by atoms with van der Waals surface area (Å²) in [5, 5.41) is 7.56. The van der Waals surface area contributed by atoms with Crippen LogP contribution in [-0.4, -0.2) is 49.0 Å². The Hall–Kier alpha value is -2.00. The van der Waals surface area contributed by atoms with E-state index in [1.54, 1.807) is 0 Å². The summed E-state index contributed by atoms with van der Waals surface area (Å²) in [5.41, 5.74) is 7.46. The fourth-order valence-electron chi connectivity index (χ4n) is 5.35. The topological polar surface area (TPSA) is 75.3 Å². The van der Waals surface area contributed by atoms with Crippen molar-refractivity contribution in [1.82, 2.24) is 15.1 Å². The molecule has 35 heavy (non-hydrogen) atoms. The van der Waals surface area contributed by atoms with Gasteiger partial charge in [0.05, 0.1) is 18.3 Å². The first-order chi connectivity index (χ1) is 16.7. The second kappa shape index (κ2) is 10.5. The van der Waals surface area contributed by atoms with Crippen LogP contribution in [0.4, 0.5) is 0 Å². The van der Waals surface area contributed by atoms with Crippen LogP contribution in [0.25, 0.3) is 0 Å². The van der Waals surface area contributed by atoms with Gasteiger partial charge in [-0.05, 0) is 73.6 Å². The van der Waals surface area contributed by atoms with E-state index in [4.69, 9.17) is 4.74 Å². The number of hydrogen-bond acceptors (Lipinski definition) is 5. The summed E-state index contributed by atoms with van der Waals surface area (Å²) in [6, 6.07) is 12.5. The van der Waals surface area contributed by atoms with Gasteiger partial charge >= 0.3 is 0 Å². The average molecular weight is 561 g/mol. The molecule has 0 spiro atoms. The second-order valence-electron chi connectivity index (χ2n) is 9.35. The number of aromatic nitrogens is 2. The van der Waals surface area contributed by atoms with Crippen LogP contribution in [0.15, 0.2) is 45.9 Å². The van der Waals surface area contributed by atoms with Gasteiger partial charge in [-0.2, -0.15) is 5.10 Å². The number of nitrogens with zero attached hydrogens (tertiary/aromatic N) is 2. The zero-order valence-corrected chi connectivity index (χ0v) is 23.5. The summed E-state index contributed by atoms with van der Waals surface area (Å²) >= 11 is 3.63. The van der Waals surface area contributed by atoms with Gasteiger partial charge in [0, 0.05) is 35.5 Å². The standard InChI is InChI=1S/C27H34BrN3O3S/c1-6-23-25(27(30-29-23)35(5,32)33)26(24-17(3)12-21(28)13-18(24)4)31-15-20-11-9-8-10-19(20)14-22(31)16-34-7-2/h8-13,22,26H,6-7,14-16H2,1-5H3,(H,29,30). The number of ether oxygens (including phenoxy) is 1. The molecule has 2 heterocycles. The molecule has 0 amide bonds. The van der Waals surface area contributed by atoms with Gasteiger partial charge in [-0.1, -0.05) is 47.1 Å². The third-order valence-electron chi connectivity index (χ3n) is 6.90. The molecule has 3 aromatic rings. The minimum Gasteiger partial charge on any atom is -0.380 e. The molecule has 188 valence electrons. The van der Waals surface area contributed by atoms with Crippen molar-refractivity contribution in [2.75, 3.05) is 19.5 Å². The lowest BCUT2D eigenvalue weighted by molar-refractivity contribution is 0.0383. The molecule has 1 aliphatic heterocycles. The Morgan fingerprint density at radius 3 is 2.40 bits per heavy atom. The van der Waals surface area contributed by atoms with Crippen LogP contribution in [-0.2, 0) is 34.0 Å². The number of halogens is 1. The number of sulfone groups is 1. The Morgan fingerprint density at radius 1 is 1.14 bits per heavy atom. The number of H-pyrrole nitrogens is 1. The van der Waals surface area contributed by atoms with Gasteiger partial charge in [0.15, 0.2) is 14.9 Å². The molecule has 0 aliphatic carbocycles. The van der Waals surface area contributed by atoms with E-state index in [0.29, 0.717) is 26.2 Å². The van der Waals surface area contributed by atoms with Crippen molar-refractivity contribution in [3.63, 3.8) is 0 Å². The smallest absolute Gasteiger partial charge is 0.192 e. The Bertz CT molecular complexity index is 1300. The highest BCUT2D eigenvalue weighted by Gasteiger charge is 2.39. The normalized spacial score (nSPS) is 17.4. The Labute approximate surface area is 217 Å². The summed E-state index contributed by atoms with van der Waals surface area (Å²) in [6.07, 6.45) is 2.73. The average Bonchev–Trinajstić information content (AvgIpc) is 3.23. The molecule has 1 aromatic heterocycles. The number of aryl methyl sites for hydroxylation is 3. The second-order valence-corrected chi connectivity index (χ2v) is 12.2. The summed E-state index contributed by atoms with van der Waals surface area (Å²) in [5.74, 6) is 0. The molecule has 6 nitrogen and oxygen atoms in total. The summed E-state index contributed by atoms with van der Waals surface area (Å²) < 4.78 is 32.9. The molecule has 0 saturated heterocycles. The quantitative estimate of drug-likeness (QED) is 0.405. The summed E-state index contributed by atoms with van der Waals surface area (Å²) in [4.78, 5) is 2.43. The van der Waals surface area contributed by atoms with Gasteiger partial charge < -0.3 is 4.74 Å². The summed E-state index contributed by atoms with van der Waals surface area (Å²) in [6.45, 7) is 10.1. The lowest BCUT2D eigenvalue weighted by Crippen LogP contribution is -2.46. The number of fused-ring (bicyclic) bond motifs is 1. The Balaban J connectivity index is 2.00. The van der Waals surface area contributed by atoms with E-state index in [1.165, 1.54) is 17.4 Å². The maximum absolute atomic E-state index is 13.0. The highest BCUT2D eigenvalue weighted by Crippen LogP contribution is 2.42. The number of benzene rings is 2. The third kappa shape index (κ3) is 5.26. The van der Waals surface area contributed by atoms with Crippen molar-refractivity contribution in [2.24, 2.45) is 0 Å². The van der Waals surface area contributed by atoms with Crippen LogP contribution in [0.1, 0.15) is 59.0 Å². The molecule has 0 radical (unpaired) electrons. The van der Waals surface area contributed by atoms with Gasteiger partial charge in [-0.15, -0.1) is 0 Å². The van der Waals surface area contributed by atoms with Crippen LogP contribution in [0.2, 0.25) is 0 Å². The molecule has 0 bridgehead atoms. The first-order valence-electron chi connectivity index (χ1n) is 12.1. The molecule has 1 N–H and O–H groups in total. The number of hydrogen-bond donors (Lipinski definition) is 1. The molecule has 1 aliphatic rings. The SMILES string of the molecule is CCOCC1Cc2ccccc2CN1C(c1c(C)cc(Br)cc1C)c1c(CC)n[nH]c1S(C)(=O)=O. The van der Waals surface area contributed by atoms with Crippen molar-refractivity contribution < 1.29 is 13.2 Å². The van der Waals surface area contributed by atoms with Crippen molar-refractivity contribution in [3.8, 4) is 0 Å². The van der Waals surface area contributed by atoms with Crippen molar-refractivity contribution in [2.45, 2.75) is 64.2 Å². The predicted octanol–water partition coefficient (Wildman–Crippen LogP) is 5.31. The molecule has 8 heteroatoms. The van der Waals surface area contributed by atoms with Crippen LogP contribution in [0.3, 0.4) is 0 Å². The van der Waals surface area contributed by atoms with Crippen LogP contribution in [0, 0.1) is 13.8 Å². The maximum Gasteiger partial charge on any atom is 0.192 e. The molecule has 4 rings (SSSR count). The molecular weight excluding hydrogens is 526 g/mol. The monoisotopic (exact) mass is 559 g/mol. The number of aromatic amines is 1. The fourth-order valence-corrected chi connectivity index (χ4v) is 6.88. The zero-order valence-electron chi connectivity index (χ0n) is 21.1. The number of rotatable bonds is 8. The van der Waals surface area contributed by atoms with E-state index in [9.17, 15) is 8.42 Å². The molecular formula is C27H34BrN3O3S. The van der Waals surface area contributed by atoms with E-state index in [0.717, 1.165) is 38.8 Å². The highest BCUT2D eigenvalue weighted by atomic mass is 79.9. The lowest BCUT2D eigenvalue weighted by Gasteiger charge is -2.43. The fraction of sp³-hybridized carbons (Fsp3) is 0.444. The first-order valence-corrected chi connectivity index (χ1v) is 14.8. The van der Waals surface area contributed by atoms with E-state index in [2.05, 4.69) is 81.3 Å². The van der Waals surface area contributed by atoms with Gasteiger partial charge in [-0.25, -0.2) is 8.42 Å². The van der Waals surface area contributed by atoms with Gasteiger partial charge in [0.2, 0.25) is 0 Å². The Kier molecular flexibility index (Phi) is 7.86. The van der Waals surface area contributed by atoms with Crippen LogP contribution < -0.4 is 0 Å². The van der Waals surface area contributed by atoms with Crippen molar-refractivity contribution >= 4 is 25.8 Å². The number of nitrogens with one attached hydrogen (secondary N) is 1. The molecule has 0 saturated carbocycles. The van der Waals surface area contributed by atoms with E-state index >= 15 is 0 Å². The first kappa shape index (κ1) is 26.1. The zero-order chi connectivity index (χ0) is 25.3. The minimum atomic E-state index is -3.53. The lowest BCUT2D eigenvalue weighted by atomic mass is 9.85. The molecule has 0 fully saturated rings. The van der Waals surface area contributed by atoms with Gasteiger partial charge in [0.1, 0.15) is 0 Å². The largest absolute Gasteiger partial charge is 0.380 e. The van der Waals surface area contributed by atoms with Gasteiger partial charge in [0.25, 0.3) is 0 Å². The van der Waals surface area contributed by atoms with Crippen molar-refractivity contribution in [1.29, 1.82) is 0 Å². The minimum absolute atomic E-state index is 0.0873. The van der Waals surface area contributed by atoms with Crippen molar-refractivity contribution in [3.05, 3.63) is 79.9 Å². The Morgan fingerprint density at radius 2 is 1.80 bits per heavy atom. The summed E-state index contributed by atoms with van der Waals surface area (Å²) in [7, 11) is -3.53. The molecule has 2 aromatic carbocycles. The van der Waals surface area contributed by atoms with E-state index in [-0.39, 0.29) is 17.1 Å². The van der Waals surface area contributed by atoms with E-state index < -0.39 is 9.84 Å². The molecule has 2 unspecified atom stereocenters. The van der Waals surface area contributed by atoms with Crippen LogP contribution >= 0.6 is 15.9 Å². The van der Waals surface area contributed by atoms with Gasteiger partial charge in [-0.3, -0.25) is 10.00 Å². The predicted molar refractivity (Wildman–Crippen MR) is 143 cm³/mol. The third-order valence-corrected chi connectivity index (χ3v) is 8.41. The van der Waals surface area contributed by atoms with Crippen LogP contribution in [0.5, 0.6) is 0 Å².